The van der Waals surface area contributed by atoms with E-state index in [0.717, 1.165) is 16.7 Å². The highest BCUT2D eigenvalue weighted by atomic mass is 32.2. The molecule has 12 heteroatoms. The largest absolute Gasteiger partial charge is 0.480 e. The fraction of sp³-hybridized carbons (Fsp3) is 0.353. The van der Waals surface area contributed by atoms with Crippen molar-refractivity contribution in [3.05, 3.63) is 94.5 Å². The van der Waals surface area contributed by atoms with Gasteiger partial charge in [0.05, 0.1) is 5.75 Å². The average Bonchev–Trinajstić information content (AvgIpc) is 3.35. The van der Waals surface area contributed by atoms with Gasteiger partial charge in [0.25, 0.3) is 5.91 Å². The number of carboxylic acid groups (broad SMARTS) is 1. The molecule has 46 heavy (non-hydrogen) atoms. The number of ketones is 1. The van der Waals surface area contributed by atoms with E-state index in [4.69, 9.17) is 0 Å². The van der Waals surface area contributed by atoms with Crippen molar-refractivity contribution < 1.29 is 32.7 Å². The number of rotatable bonds is 13. The Morgan fingerprint density at radius 3 is 2.35 bits per heavy atom. The lowest BCUT2D eigenvalue weighted by atomic mass is 9.71. The number of benzene rings is 3. The number of carbonyl (C=O) groups is 4. The zero-order valence-electron chi connectivity index (χ0n) is 26.3. The molecule has 1 aliphatic carbocycles. The van der Waals surface area contributed by atoms with E-state index in [1.165, 1.54) is 6.07 Å². The SMILES string of the molecule is CCCCS(=O)(=O)NC(CNC(=O)c1ccc2c(c1)C(=O)C(C(C)(C)c1ccc(NC(=O)Nc3ccccc3C)cc1)C2)C(=O)O. The molecule has 5 N–H and O–H groups in total. The van der Waals surface area contributed by atoms with E-state index in [1.807, 2.05) is 64.1 Å². The highest BCUT2D eigenvalue weighted by molar-refractivity contribution is 7.89. The zero-order chi connectivity index (χ0) is 33.6. The molecule has 0 aliphatic heterocycles. The quantitative estimate of drug-likeness (QED) is 0.176. The van der Waals surface area contributed by atoms with Gasteiger partial charge in [0.1, 0.15) is 6.04 Å². The lowest BCUT2D eigenvalue weighted by Gasteiger charge is -2.31. The molecule has 244 valence electrons. The summed E-state index contributed by atoms with van der Waals surface area (Å²) in [4.78, 5) is 50.7. The van der Waals surface area contributed by atoms with Crippen LogP contribution in [0.5, 0.6) is 0 Å². The summed E-state index contributed by atoms with van der Waals surface area (Å²) < 4.78 is 26.5. The monoisotopic (exact) mass is 648 g/mol. The summed E-state index contributed by atoms with van der Waals surface area (Å²) in [6.07, 6.45) is 1.48. The first-order valence-corrected chi connectivity index (χ1v) is 16.8. The third-order valence-electron chi connectivity index (χ3n) is 8.38. The molecule has 0 spiro atoms. The number of carbonyl (C=O) groups excluding carboxylic acids is 3. The van der Waals surface area contributed by atoms with Gasteiger partial charge in [0.2, 0.25) is 10.0 Å². The number of fused-ring (bicyclic) bond motifs is 1. The van der Waals surface area contributed by atoms with E-state index in [-0.39, 0.29) is 23.1 Å². The van der Waals surface area contributed by atoms with Crippen LogP contribution in [0.15, 0.2) is 66.7 Å². The highest BCUT2D eigenvalue weighted by Gasteiger charge is 2.42. The van der Waals surface area contributed by atoms with Crippen molar-refractivity contribution in [1.82, 2.24) is 10.0 Å². The molecule has 3 aromatic carbocycles. The molecule has 2 unspecified atom stereocenters. The van der Waals surface area contributed by atoms with Gasteiger partial charge in [0.15, 0.2) is 5.78 Å². The smallest absolute Gasteiger partial charge is 0.323 e. The standard InChI is InChI=1S/C34H40N4O7S/c1-5-6-17-46(44,45)38-29(32(41)42)20-35-31(40)23-12-11-22-19-27(30(39)26(22)18-23)34(3,4)24-13-15-25(16-14-24)36-33(43)37-28-10-8-7-9-21(28)2/h7-16,18,27,29,38H,5-6,17,19-20H2,1-4H3,(H,35,40)(H,41,42)(H2,36,37,43). The number of para-hydroxylation sites is 1. The van der Waals surface area contributed by atoms with Gasteiger partial charge in [-0.3, -0.25) is 14.4 Å². The summed E-state index contributed by atoms with van der Waals surface area (Å²) >= 11 is 0. The second kappa shape index (κ2) is 14.3. The number of hydrogen-bond donors (Lipinski definition) is 5. The number of sulfonamides is 1. The van der Waals surface area contributed by atoms with Crippen LogP contribution in [-0.4, -0.2) is 55.6 Å². The number of anilines is 2. The minimum absolute atomic E-state index is 0.110. The van der Waals surface area contributed by atoms with Crippen molar-refractivity contribution in [2.24, 2.45) is 5.92 Å². The number of Topliss-reactive ketones (excluding diaryl/α,β-unsaturated/α-hetero) is 1. The van der Waals surface area contributed by atoms with Crippen LogP contribution in [0.1, 0.15) is 71.0 Å². The van der Waals surface area contributed by atoms with Crippen molar-refractivity contribution in [3.63, 3.8) is 0 Å². The van der Waals surface area contributed by atoms with Gasteiger partial charge in [-0.05, 0) is 66.8 Å². The maximum Gasteiger partial charge on any atom is 0.323 e. The van der Waals surface area contributed by atoms with Gasteiger partial charge < -0.3 is 21.1 Å². The molecule has 0 radical (unpaired) electrons. The Bertz CT molecular complexity index is 1740. The van der Waals surface area contributed by atoms with E-state index in [9.17, 15) is 32.7 Å². The number of unbranched alkanes of at least 4 members (excludes halogenated alkanes) is 1. The molecule has 0 aromatic heterocycles. The molecular weight excluding hydrogens is 608 g/mol. The molecule has 2 atom stereocenters. The van der Waals surface area contributed by atoms with Crippen LogP contribution < -0.4 is 20.7 Å². The molecule has 0 fully saturated rings. The van der Waals surface area contributed by atoms with Crippen LogP contribution in [0.4, 0.5) is 16.2 Å². The maximum atomic E-state index is 13.7. The molecular formula is C34H40N4O7S. The second-order valence-electron chi connectivity index (χ2n) is 12.1. The first-order chi connectivity index (χ1) is 21.7. The van der Waals surface area contributed by atoms with Crippen molar-refractivity contribution >= 4 is 45.1 Å². The predicted octanol–water partition coefficient (Wildman–Crippen LogP) is 4.87. The fourth-order valence-corrected chi connectivity index (χ4v) is 6.88. The molecule has 4 rings (SSSR count). The van der Waals surface area contributed by atoms with Crippen LogP contribution in [-0.2, 0) is 26.7 Å². The zero-order valence-corrected chi connectivity index (χ0v) is 27.2. The topological polar surface area (TPSA) is 171 Å². The third kappa shape index (κ3) is 8.18. The maximum absolute atomic E-state index is 13.7. The molecule has 1 aliphatic rings. The van der Waals surface area contributed by atoms with Crippen LogP contribution in [0.25, 0.3) is 0 Å². The number of amides is 3. The van der Waals surface area contributed by atoms with E-state index in [1.54, 1.807) is 24.3 Å². The van der Waals surface area contributed by atoms with E-state index in [2.05, 4.69) is 20.7 Å². The van der Waals surface area contributed by atoms with Crippen molar-refractivity contribution in [2.45, 2.75) is 58.4 Å². The van der Waals surface area contributed by atoms with Crippen molar-refractivity contribution in [2.75, 3.05) is 22.9 Å². The molecule has 3 aromatic rings. The van der Waals surface area contributed by atoms with Crippen LogP contribution in [0, 0.1) is 12.8 Å². The van der Waals surface area contributed by atoms with E-state index < -0.39 is 45.8 Å². The Labute approximate surface area is 269 Å². The van der Waals surface area contributed by atoms with Crippen LogP contribution in [0.2, 0.25) is 0 Å². The second-order valence-corrected chi connectivity index (χ2v) is 14.0. The summed E-state index contributed by atoms with van der Waals surface area (Å²) in [5, 5.41) is 17.6. The van der Waals surface area contributed by atoms with Gasteiger partial charge in [-0.15, -0.1) is 0 Å². The minimum atomic E-state index is -3.83. The first-order valence-electron chi connectivity index (χ1n) is 15.1. The predicted molar refractivity (Wildman–Crippen MR) is 177 cm³/mol. The van der Waals surface area contributed by atoms with Gasteiger partial charge in [0, 0.05) is 40.4 Å². The van der Waals surface area contributed by atoms with Gasteiger partial charge in [-0.1, -0.05) is 63.6 Å². The van der Waals surface area contributed by atoms with Crippen LogP contribution >= 0.6 is 0 Å². The summed E-state index contributed by atoms with van der Waals surface area (Å²) in [6.45, 7) is 7.23. The van der Waals surface area contributed by atoms with E-state index in [0.29, 0.717) is 36.2 Å². The normalized spacial score (nSPS) is 15.1. The lowest BCUT2D eigenvalue weighted by Crippen LogP contribution is -2.48. The molecule has 0 bridgehead atoms. The number of hydrogen-bond acceptors (Lipinski definition) is 6. The molecule has 0 saturated heterocycles. The Hall–Kier alpha value is -4.55. The van der Waals surface area contributed by atoms with Gasteiger partial charge in [-0.25, -0.2) is 13.2 Å². The van der Waals surface area contributed by atoms with E-state index >= 15 is 0 Å². The van der Waals surface area contributed by atoms with Crippen molar-refractivity contribution in [1.29, 1.82) is 0 Å². The number of urea groups is 1. The third-order valence-corrected chi connectivity index (χ3v) is 9.85. The molecule has 3 amide bonds. The Balaban J connectivity index is 1.40. The Kier molecular flexibility index (Phi) is 10.6. The minimum Gasteiger partial charge on any atom is -0.480 e. The summed E-state index contributed by atoms with van der Waals surface area (Å²) in [5.74, 6) is -2.76. The molecule has 0 saturated carbocycles. The number of aliphatic carboxylic acids is 1. The lowest BCUT2D eigenvalue weighted by molar-refractivity contribution is -0.138. The average molecular weight is 649 g/mol. The Morgan fingerprint density at radius 2 is 1.70 bits per heavy atom. The Morgan fingerprint density at radius 1 is 1.00 bits per heavy atom. The summed E-state index contributed by atoms with van der Waals surface area (Å²) in [6, 6.07) is 17.7. The fourth-order valence-electron chi connectivity index (χ4n) is 5.48. The number of carboxylic acids is 1. The first kappa shape index (κ1) is 34.3. The summed E-state index contributed by atoms with van der Waals surface area (Å²) in [5.41, 5.74) is 3.98. The highest BCUT2D eigenvalue weighted by Crippen LogP contribution is 2.41. The number of nitrogens with one attached hydrogen (secondary N) is 4. The molecule has 11 nitrogen and oxygen atoms in total. The van der Waals surface area contributed by atoms with Gasteiger partial charge in [-0.2, -0.15) is 4.72 Å². The van der Waals surface area contributed by atoms with Crippen LogP contribution in [0.3, 0.4) is 0 Å². The molecule has 0 heterocycles. The number of aryl methyl sites for hydroxylation is 1. The summed E-state index contributed by atoms with van der Waals surface area (Å²) in [7, 11) is -3.83. The van der Waals surface area contributed by atoms with Crippen molar-refractivity contribution in [3.8, 4) is 0 Å². The van der Waals surface area contributed by atoms with Gasteiger partial charge >= 0.3 is 12.0 Å².